The van der Waals surface area contributed by atoms with Crippen LogP contribution >= 0.6 is 11.3 Å². The van der Waals surface area contributed by atoms with E-state index in [0.717, 1.165) is 12.1 Å². The van der Waals surface area contributed by atoms with Gasteiger partial charge in [-0.05, 0) is 17.7 Å². The molecule has 0 aliphatic carbocycles. The standard InChI is InChI=1S/C15H16FN5O2S/c16-11-3-1-10(2-4-11)7-18-14(23)15-20-19-13(24-15)9-21-6-5-17-12(22)8-21/h1-4H,5-9H2,(H,17,22)(H,18,23). The molecule has 1 aromatic heterocycles. The second-order valence-corrected chi connectivity index (χ2v) is 6.43. The lowest BCUT2D eigenvalue weighted by molar-refractivity contribution is -0.124. The van der Waals surface area contributed by atoms with Crippen molar-refractivity contribution in [1.82, 2.24) is 25.7 Å². The maximum absolute atomic E-state index is 12.8. The topological polar surface area (TPSA) is 87.2 Å². The van der Waals surface area contributed by atoms with E-state index in [0.29, 0.717) is 31.2 Å². The molecule has 9 heteroatoms. The molecule has 7 nitrogen and oxygen atoms in total. The highest BCUT2D eigenvalue weighted by Crippen LogP contribution is 2.13. The third-order valence-corrected chi connectivity index (χ3v) is 4.41. The van der Waals surface area contributed by atoms with E-state index in [1.165, 1.54) is 23.5 Å². The quantitative estimate of drug-likeness (QED) is 0.823. The summed E-state index contributed by atoms with van der Waals surface area (Å²) < 4.78 is 12.8. The number of nitrogens with one attached hydrogen (secondary N) is 2. The molecule has 2 aromatic rings. The largest absolute Gasteiger partial charge is 0.354 e. The Morgan fingerprint density at radius 2 is 2.12 bits per heavy atom. The Morgan fingerprint density at radius 1 is 1.33 bits per heavy atom. The van der Waals surface area contributed by atoms with Crippen LogP contribution in [0.2, 0.25) is 0 Å². The molecule has 1 aromatic carbocycles. The Balaban J connectivity index is 1.53. The molecule has 126 valence electrons. The molecular weight excluding hydrogens is 333 g/mol. The molecule has 0 bridgehead atoms. The molecule has 2 heterocycles. The van der Waals surface area contributed by atoms with Crippen LogP contribution in [0.15, 0.2) is 24.3 Å². The molecule has 2 N–H and O–H groups in total. The van der Waals surface area contributed by atoms with E-state index in [2.05, 4.69) is 20.8 Å². The van der Waals surface area contributed by atoms with Crippen molar-refractivity contribution in [3.05, 3.63) is 45.7 Å². The second kappa shape index (κ2) is 7.45. The van der Waals surface area contributed by atoms with Crippen LogP contribution in [0.4, 0.5) is 4.39 Å². The van der Waals surface area contributed by atoms with Crippen LogP contribution in [0.1, 0.15) is 20.4 Å². The van der Waals surface area contributed by atoms with Crippen LogP contribution in [0, 0.1) is 5.82 Å². The fourth-order valence-electron chi connectivity index (χ4n) is 2.29. The van der Waals surface area contributed by atoms with Crippen molar-refractivity contribution in [3.8, 4) is 0 Å². The molecule has 1 fully saturated rings. The van der Waals surface area contributed by atoms with E-state index in [4.69, 9.17) is 0 Å². The van der Waals surface area contributed by atoms with Crippen molar-refractivity contribution in [2.24, 2.45) is 0 Å². The van der Waals surface area contributed by atoms with Gasteiger partial charge in [-0.1, -0.05) is 23.5 Å². The summed E-state index contributed by atoms with van der Waals surface area (Å²) in [7, 11) is 0. The lowest BCUT2D eigenvalue weighted by Gasteiger charge is -2.25. The smallest absolute Gasteiger partial charge is 0.282 e. The zero-order valence-electron chi connectivity index (χ0n) is 12.8. The third-order valence-electron chi connectivity index (χ3n) is 3.50. The molecule has 1 aliphatic heterocycles. The third kappa shape index (κ3) is 4.33. The number of amides is 2. The van der Waals surface area contributed by atoms with Gasteiger partial charge in [0.2, 0.25) is 10.9 Å². The summed E-state index contributed by atoms with van der Waals surface area (Å²) in [5, 5.41) is 14.4. The van der Waals surface area contributed by atoms with Crippen LogP contribution in [0.3, 0.4) is 0 Å². The first-order chi connectivity index (χ1) is 11.6. The van der Waals surface area contributed by atoms with Gasteiger partial charge in [-0.25, -0.2) is 4.39 Å². The monoisotopic (exact) mass is 349 g/mol. The molecule has 24 heavy (non-hydrogen) atoms. The number of benzene rings is 1. The highest BCUT2D eigenvalue weighted by atomic mass is 32.1. The van der Waals surface area contributed by atoms with Gasteiger partial charge in [0.05, 0.1) is 13.1 Å². The SMILES string of the molecule is O=C1CN(Cc2nnc(C(=O)NCc3ccc(F)cc3)s2)CCN1. The zero-order chi connectivity index (χ0) is 16.9. The average molecular weight is 349 g/mol. The predicted octanol–water partition coefficient (Wildman–Crippen LogP) is 0.539. The van der Waals surface area contributed by atoms with Crippen LogP contribution in [0.25, 0.3) is 0 Å². The van der Waals surface area contributed by atoms with E-state index in [1.54, 1.807) is 12.1 Å². The van der Waals surface area contributed by atoms with E-state index < -0.39 is 0 Å². The Morgan fingerprint density at radius 3 is 2.88 bits per heavy atom. The summed E-state index contributed by atoms with van der Waals surface area (Å²) in [6.07, 6.45) is 0. The summed E-state index contributed by atoms with van der Waals surface area (Å²) in [5.41, 5.74) is 0.800. The minimum absolute atomic E-state index is 0.0111. The molecule has 1 aliphatic rings. The molecule has 0 radical (unpaired) electrons. The number of piperazine rings is 1. The van der Waals surface area contributed by atoms with Gasteiger partial charge in [-0.15, -0.1) is 10.2 Å². The molecule has 0 unspecified atom stereocenters. The van der Waals surface area contributed by atoms with E-state index in [1.807, 2.05) is 4.90 Å². The van der Waals surface area contributed by atoms with Gasteiger partial charge in [-0.3, -0.25) is 14.5 Å². The summed E-state index contributed by atoms with van der Waals surface area (Å²) in [4.78, 5) is 25.4. The number of aromatic nitrogens is 2. The lowest BCUT2D eigenvalue weighted by Crippen LogP contribution is -2.47. The molecule has 0 atom stereocenters. The Kier molecular flexibility index (Phi) is 5.11. The maximum atomic E-state index is 12.8. The lowest BCUT2D eigenvalue weighted by atomic mass is 10.2. The van der Waals surface area contributed by atoms with Crippen LogP contribution in [-0.2, 0) is 17.9 Å². The maximum Gasteiger partial charge on any atom is 0.282 e. The average Bonchev–Trinajstić information content (AvgIpc) is 3.03. The number of rotatable bonds is 5. The molecule has 1 saturated heterocycles. The molecular formula is C15H16FN5O2S. The van der Waals surface area contributed by atoms with Gasteiger partial charge in [0.1, 0.15) is 10.8 Å². The van der Waals surface area contributed by atoms with Crippen molar-refractivity contribution < 1.29 is 14.0 Å². The minimum Gasteiger partial charge on any atom is -0.354 e. The van der Waals surface area contributed by atoms with E-state index in [-0.39, 0.29) is 22.6 Å². The molecule has 2 amide bonds. The first kappa shape index (κ1) is 16.5. The Bertz CT molecular complexity index is 734. The number of nitrogens with zero attached hydrogens (tertiary/aromatic N) is 3. The van der Waals surface area contributed by atoms with E-state index in [9.17, 15) is 14.0 Å². The second-order valence-electron chi connectivity index (χ2n) is 5.37. The Labute approximate surface area is 141 Å². The first-order valence-electron chi connectivity index (χ1n) is 7.44. The first-order valence-corrected chi connectivity index (χ1v) is 8.26. The normalized spacial score (nSPS) is 15.1. The van der Waals surface area contributed by atoms with Gasteiger partial charge in [0.15, 0.2) is 0 Å². The summed E-state index contributed by atoms with van der Waals surface area (Å²) in [6.45, 7) is 2.47. The highest BCUT2D eigenvalue weighted by Gasteiger charge is 2.19. The van der Waals surface area contributed by atoms with Crippen LogP contribution < -0.4 is 10.6 Å². The van der Waals surface area contributed by atoms with E-state index >= 15 is 0 Å². The highest BCUT2D eigenvalue weighted by molar-refractivity contribution is 7.13. The van der Waals surface area contributed by atoms with Crippen molar-refractivity contribution in [3.63, 3.8) is 0 Å². The molecule has 0 saturated carbocycles. The van der Waals surface area contributed by atoms with Gasteiger partial charge in [-0.2, -0.15) is 0 Å². The zero-order valence-corrected chi connectivity index (χ0v) is 13.6. The summed E-state index contributed by atoms with van der Waals surface area (Å²) in [6, 6.07) is 5.92. The molecule has 0 spiro atoms. The van der Waals surface area contributed by atoms with Crippen LogP contribution in [-0.4, -0.2) is 46.5 Å². The van der Waals surface area contributed by atoms with Gasteiger partial charge >= 0.3 is 0 Å². The number of carbonyl (C=O) groups is 2. The van der Waals surface area contributed by atoms with Crippen molar-refractivity contribution in [1.29, 1.82) is 0 Å². The fraction of sp³-hybridized carbons (Fsp3) is 0.333. The van der Waals surface area contributed by atoms with Crippen molar-refractivity contribution >= 4 is 23.2 Å². The number of hydrogen-bond donors (Lipinski definition) is 2. The minimum atomic E-state index is -0.320. The number of carbonyl (C=O) groups excluding carboxylic acids is 2. The number of halogens is 1. The Hall–Kier alpha value is -2.39. The van der Waals surface area contributed by atoms with Gasteiger partial charge in [0, 0.05) is 19.6 Å². The number of hydrogen-bond acceptors (Lipinski definition) is 6. The predicted molar refractivity (Wildman–Crippen MR) is 85.8 cm³/mol. The van der Waals surface area contributed by atoms with Crippen LogP contribution in [0.5, 0.6) is 0 Å². The van der Waals surface area contributed by atoms with Crippen molar-refractivity contribution in [2.75, 3.05) is 19.6 Å². The van der Waals surface area contributed by atoms with Gasteiger partial charge in [0.25, 0.3) is 5.91 Å². The van der Waals surface area contributed by atoms with Gasteiger partial charge < -0.3 is 10.6 Å². The summed E-state index contributed by atoms with van der Waals surface area (Å²) in [5.74, 6) is -0.646. The fourth-order valence-corrected chi connectivity index (χ4v) is 3.09. The summed E-state index contributed by atoms with van der Waals surface area (Å²) >= 11 is 1.21. The van der Waals surface area contributed by atoms with Crippen molar-refractivity contribution in [2.45, 2.75) is 13.1 Å². The molecule has 3 rings (SSSR count).